The Kier molecular flexibility index (Phi) is 5.26. The predicted molar refractivity (Wildman–Crippen MR) is 83.3 cm³/mol. The Hall–Kier alpha value is -1.26. The number of rotatable bonds is 6. The molecule has 0 radical (unpaired) electrons. The highest BCUT2D eigenvalue weighted by Gasteiger charge is 2.08. The van der Waals surface area contributed by atoms with Crippen molar-refractivity contribution >= 4 is 11.3 Å². The van der Waals surface area contributed by atoms with Crippen LogP contribution in [0.15, 0.2) is 29.6 Å². The highest BCUT2D eigenvalue weighted by atomic mass is 32.1. The summed E-state index contributed by atoms with van der Waals surface area (Å²) < 4.78 is 12.9. The van der Waals surface area contributed by atoms with Gasteiger partial charge < -0.3 is 5.32 Å². The third-order valence-corrected chi connectivity index (χ3v) is 4.04. The number of hydrogen-bond acceptors (Lipinski definition) is 3. The molecule has 1 atom stereocenters. The summed E-state index contributed by atoms with van der Waals surface area (Å²) in [6.07, 6.45) is 1.16. The third-order valence-electron chi connectivity index (χ3n) is 3.10. The van der Waals surface area contributed by atoms with Crippen molar-refractivity contribution in [1.29, 1.82) is 0 Å². The van der Waals surface area contributed by atoms with Gasteiger partial charge in [0.1, 0.15) is 10.8 Å². The highest BCUT2D eigenvalue weighted by molar-refractivity contribution is 7.13. The van der Waals surface area contributed by atoms with Gasteiger partial charge in [0.15, 0.2) is 0 Å². The van der Waals surface area contributed by atoms with Crippen LogP contribution < -0.4 is 5.32 Å². The van der Waals surface area contributed by atoms with E-state index in [0.717, 1.165) is 29.2 Å². The molecule has 0 saturated carbocycles. The Morgan fingerprint density at radius 3 is 2.55 bits per heavy atom. The smallest absolute Gasteiger partial charge is 0.123 e. The Morgan fingerprint density at radius 2 is 1.90 bits per heavy atom. The maximum atomic E-state index is 12.9. The molecule has 2 nitrogen and oxygen atoms in total. The molecule has 2 rings (SSSR count). The molecule has 0 aliphatic rings. The monoisotopic (exact) mass is 292 g/mol. The van der Waals surface area contributed by atoms with Gasteiger partial charge in [-0.25, -0.2) is 9.37 Å². The molecule has 0 fully saturated rings. The van der Waals surface area contributed by atoms with Crippen LogP contribution in [-0.2, 0) is 6.54 Å². The number of thiazole rings is 1. The zero-order valence-corrected chi connectivity index (χ0v) is 13.0. The second-order valence-electron chi connectivity index (χ2n) is 5.56. The van der Waals surface area contributed by atoms with Crippen LogP contribution >= 0.6 is 11.3 Å². The lowest BCUT2D eigenvalue weighted by atomic mass is 10.1. The van der Waals surface area contributed by atoms with E-state index in [4.69, 9.17) is 0 Å². The van der Waals surface area contributed by atoms with Gasteiger partial charge >= 0.3 is 0 Å². The Morgan fingerprint density at radius 1 is 1.20 bits per heavy atom. The molecule has 0 aliphatic carbocycles. The summed E-state index contributed by atoms with van der Waals surface area (Å²) in [5, 5.41) is 6.49. The number of halogens is 1. The van der Waals surface area contributed by atoms with Crippen LogP contribution in [-0.4, -0.2) is 11.0 Å². The molecular weight excluding hydrogens is 271 g/mol. The van der Waals surface area contributed by atoms with Gasteiger partial charge in [0.25, 0.3) is 0 Å². The molecule has 4 heteroatoms. The SMILES string of the molecule is CC(C)CC(C)NCc1csc(-c2ccc(F)cc2)n1. The molecule has 1 heterocycles. The highest BCUT2D eigenvalue weighted by Crippen LogP contribution is 2.23. The number of aromatic nitrogens is 1. The van der Waals surface area contributed by atoms with Gasteiger partial charge in [-0.15, -0.1) is 11.3 Å². The van der Waals surface area contributed by atoms with E-state index in [1.165, 1.54) is 12.1 Å². The van der Waals surface area contributed by atoms with Gasteiger partial charge in [-0.2, -0.15) is 0 Å². The van der Waals surface area contributed by atoms with Crippen molar-refractivity contribution < 1.29 is 4.39 Å². The Bertz CT molecular complexity index is 534. The van der Waals surface area contributed by atoms with Crippen molar-refractivity contribution in [2.45, 2.75) is 39.8 Å². The minimum atomic E-state index is -0.213. The number of benzene rings is 1. The first-order valence-electron chi connectivity index (χ1n) is 6.98. The molecule has 0 aliphatic heterocycles. The molecule has 0 spiro atoms. The maximum absolute atomic E-state index is 12.9. The fourth-order valence-electron chi connectivity index (χ4n) is 2.18. The van der Waals surface area contributed by atoms with E-state index in [-0.39, 0.29) is 5.82 Å². The summed E-state index contributed by atoms with van der Waals surface area (Å²) >= 11 is 1.60. The lowest BCUT2D eigenvalue weighted by Crippen LogP contribution is -2.26. The number of nitrogens with one attached hydrogen (secondary N) is 1. The van der Waals surface area contributed by atoms with E-state index in [9.17, 15) is 4.39 Å². The lowest BCUT2D eigenvalue weighted by molar-refractivity contribution is 0.440. The van der Waals surface area contributed by atoms with Crippen molar-refractivity contribution in [1.82, 2.24) is 10.3 Å². The second kappa shape index (κ2) is 6.95. The summed E-state index contributed by atoms with van der Waals surface area (Å²) in [6.45, 7) is 7.44. The summed E-state index contributed by atoms with van der Waals surface area (Å²) in [7, 11) is 0. The van der Waals surface area contributed by atoms with Crippen LogP contribution in [0.5, 0.6) is 0 Å². The quantitative estimate of drug-likeness (QED) is 0.849. The minimum Gasteiger partial charge on any atom is -0.309 e. The van der Waals surface area contributed by atoms with E-state index in [1.807, 2.05) is 0 Å². The van der Waals surface area contributed by atoms with E-state index in [0.29, 0.717) is 12.0 Å². The fraction of sp³-hybridized carbons (Fsp3) is 0.438. The summed E-state index contributed by atoms with van der Waals surface area (Å²) in [5.41, 5.74) is 2.02. The minimum absolute atomic E-state index is 0.213. The zero-order valence-electron chi connectivity index (χ0n) is 12.2. The average molecular weight is 292 g/mol. The predicted octanol–water partition coefficient (Wildman–Crippen LogP) is 4.47. The summed E-state index contributed by atoms with van der Waals surface area (Å²) in [6, 6.07) is 6.98. The van der Waals surface area contributed by atoms with Crippen LogP contribution in [0.4, 0.5) is 4.39 Å². The van der Waals surface area contributed by atoms with E-state index in [1.54, 1.807) is 23.5 Å². The lowest BCUT2D eigenvalue weighted by Gasteiger charge is -2.14. The van der Waals surface area contributed by atoms with Gasteiger partial charge in [-0.3, -0.25) is 0 Å². The largest absolute Gasteiger partial charge is 0.309 e. The standard InChI is InChI=1S/C16H21FN2S/c1-11(2)8-12(3)18-9-15-10-20-16(19-15)13-4-6-14(17)7-5-13/h4-7,10-12,18H,8-9H2,1-3H3. The second-order valence-corrected chi connectivity index (χ2v) is 6.42. The first kappa shape index (κ1) is 15.1. The molecule has 1 aromatic carbocycles. The molecule has 1 unspecified atom stereocenters. The van der Waals surface area contributed by atoms with Crippen LogP contribution in [0.25, 0.3) is 10.6 Å². The van der Waals surface area contributed by atoms with Crippen molar-refractivity contribution in [3.05, 3.63) is 41.2 Å². The molecule has 108 valence electrons. The molecule has 0 saturated heterocycles. The van der Waals surface area contributed by atoms with E-state index in [2.05, 4.69) is 36.5 Å². The zero-order chi connectivity index (χ0) is 14.5. The van der Waals surface area contributed by atoms with Crippen molar-refractivity contribution in [3.8, 4) is 10.6 Å². The molecule has 1 N–H and O–H groups in total. The molecule has 1 aromatic heterocycles. The first-order chi connectivity index (χ1) is 9.54. The van der Waals surface area contributed by atoms with E-state index >= 15 is 0 Å². The van der Waals surface area contributed by atoms with Gasteiger partial charge in [0.2, 0.25) is 0 Å². The Balaban J connectivity index is 1.94. The number of nitrogens with zero attached hydrogens (tertiary/aromatic N) is 1. The van der Waals surface area contributed by atoms with Crippen molar-refractivity contribution in [3.63, 3.8) is 0 Å². The van der Waals surface area contributed by atoms with Crippen LogP contribution in [0, 0.1) is 11.7 Å². The van der Waals surface area contributed by atoms with Gasteiger partial charge in [0.05, 0.1) is 5.69 Å². The normalized spacial score (nSPS) is 12.8. The Labute approximate surface area is 124 Å². The average Bonchev–Trinajstić information content (AvgIpc) is 2.85. The maximum Gasteiger partial charge on any atom is 0.123 e. The first-order valence-corrected chi connectivity index (χ1v) is 7.86. The molecular formula is C16H21FN2S. The molecule has 2 aromatic rings. The van der Waals surface area contributed by atoms with Crippen LogP contribution in [0.3, 0.4) is 0 Å². The van der Waals surface area contributed by atoms with Gasteiger partial charge in [-0.05, 0) is 43.5 Å². The third kappa shape index (κ3) is 4.39. The van der Waals surface area contributed by atoms with E-state index < -0.39 is 0 Å². The summed E-state index contributed by atoms with van der Waals surface area (Å²) in [4.78, 5) is 4.59. The molecule has 0 amide bonds. The topological polar surface area (TPSA) is 24.9 Å². The van der Waals surface area contributed by atoms with Crippen LogP contribution in [0.1, 0.15) is 32.9 Å². The number of hydrogen-bond donors (Lipinski definition) is 1. The van der Waals surface area contributed by atoms with Gasteiger partial charge in [-0.1, -0.05) is 13.8 Å². The molecule has 0 bridgehead atoms. The fourth-order valence-corrected chi connectivity index (χ4v) is 3.01. The van der Waals surface area contributed by atoms with Crippen LogP contribution in [0.2, 0.25) is 0 Å². The van der Waals surface area contributed by atoms with Crippen molar-refractivity contribution in [2.75, 3.05) is 0 Å². The summed E-state index contributed by atoms with van der Waals surface area (Å²) in [5.74, 6) is 0.484. The van der Waals surface area contributed by atoms with Gasteiger partial charge in [0, 0.05) is 23.5 Å². The van der Waals surface area contributed by atoms with Crippen molar-refractivity contribution in [2.24, 2.45) is 5.92 Å². The molecule has 20 heavy (non-hydrogen) atoms.